The summed E-state index contributed by atoms with van der Waals surface area (Å²) in [6.45, 7) is 0. The molecule has 0 unspecified atom stereocenters. The van der Waals surface area contributed by atoms with Gasteiger partial charge >= 0.3 is 0 Å². The fraction of sp³-hybridized carbons (Fsp3) is 0.333. The molecule has 3 heteroatoms. The molecule has 64 valence electrons. The van der Waals surface area contributed by atoms with Gasteiger partial charge in [0.05, 0.1) is 0 Å². The summed E-state index contributed by atoms with van der Waals surface area (Å²) in [6.07, 6.45) is 1.73. The second-order valence-electron chi connectivity index (χ2n) is 3.32. The quantitative estimate of drug-likeness (QED) is 0.665. The highest BCUT2D eigenvalue weighted by Crippen LogP contribution is 2.46. The van der Waals surface area contributed by atoms with E-state index in [0.717, 1.165) is 18.9 Å². The monoisotopic (exact) mass is 167 g/mol. The number of phenolic OH excluding ortho intramolecular Hbond substituents is 1. The van der Waals surface area contributed by atoms with Crippen LogP contribution in [-0.2, 0) is 5.54 Å². The van der Waals surface area contributed by atoms with E-state index in [-0.39, 0.29) is 5.75 Å². The molecular weight excluding hydrogens is 157 g/mol. The normalized spacial score (nSPS) is 19.2. The van der Waals surface area contributed by atoms with Crippen LogP contribution in [0.15, 0.2) is 18.2 Å². The van der Waals surface area contributed by atoms with Crippen molar-refractivity contribution in [2.24, 2.45) is 5.73 Å². The smallest absolute Gasteiger partial charge is 0.126 e. The van der Waals surface area contributed by atoms with Crippen molar-refractivity contribution in [3.63, 3.8) is 0 Å². The molecule has 1 aromatic carbocycles. The van der Waals surface area contributed by atoms with Crippen molar-refractivity contribution in [1.82, 2.24) is 0 Å². The van der Waals surface area contributed by atoms with Crippen LogP contribution in [0.5, 0.6) is 5.75 Å². The van der Waals surface area contributed by atoms with E-state index in [4.69, 9.17) is 5.73 Å². The number of hydrogen-bond acceptors (Lipinski definition) is 2. The Balaban J connectivity index is 2.45. The van der Waals surface area contributed by atoms with E-state index >= 15 is 0 Å². The average molecular weight is 167 g/mol. The van der Waals surface area contributed by atoms with Gasteiger partial charge in [-0.15, -0.1) is 0 Å². The summed E-state index contributed by atoms with van der Waals surface area (Å²) in [5.74, 6) is -0.462. The van der Waals surface area contributed by atoms with Crippen molar-refractivity contribution in [3.05, 3.63) is 29.6 Å². The van der Waals surface area contributed by atoms with E-state index in [1.807, 2.05) is 0 Å². The molecule has 0 radical (unpaired) electrons. The highest BCUT2D eigenvalue weighted by molar-refractivity contribution is 5.41. The predicted octanol–water partition coefficient (Wildman–Crippen LogP) is 1.48. The fourth-order valence-corrected chi connectivity index (χ4v) is 1.33. The molecule has 0 amide bonds. The predicted molar refractivity (Wildman–Crippen MR) is 43.2 cm³/mol. The lowest BCUT2D eigenvalue weighted by atomic mass is 10.0. The lowest BCUT2D eigenvalue weighted by molar-refractivity contribution is 0.453. The average Bonchev–Trinajstić information content (AvgIpc) is 2.68. The molecule has 2 nitrogen and oxygen atoms in total. The second-order valence-corrected chi connectivity index (χ2v) is 3.32. The molecule has 0 aromatic heterocycles. The van der Waals surface area contributed by atoms with Crippen LogP contribution in [0.2, 0.25) is 0 Å². The van der Waals surface area contributed by atoms with E-state index in [2.05, 4.69) is 0 Å². The Morgan fingerprint density at radius 3 is 2.58 bits per heavy atom. The Labute approximate surface area is 69.8 Å². The van der Waals surface area contributed by atoms with Crippen LogP contribution in [0.25, 0.3) is 0 Å². The van der Waals surface area contributed by atoms with Crippen LogP contribution in [-0.4, -0.2) is 5.11 Å². The molecule has 1 aliphatic rings. The number of halogens is 1. The molecule has 0 spiro atoms. The molecule has 1 saturated carbocycles. The van der Waals surface area contributed by atoms with Gasteiger partial charge in [-0.2, -0.15) is 0 Å². The van der Waals surface area contributed by atoms with Crippen LogP contribution >= 0.6 is 0 Å². The molecule has 1 aromatic rings. The SMILES string of the molecule is NC1(c2ccc(F)cc2O)CC1. The van der Waals surface area contributed by atoms with Crippen molar-refractivity contribution in [2.45, 2.75) is 18.4 Å². The van der Waals surface area contributed by atoms with Gasteiger partial charge in [-0.05, 0) is 18.9 Å². The van der Waals surface area contributed by atoms with Gasteiger partial charge < -0.3 is 10.8 Å². The molecule has 2 rings (SSSR count). The summed E-state index contributed by atoms with van der Waals surface area (Å²) >= 11 is 0. The first-order valence-electron chi connectivity index (χ1n) is 3.90. The minimum atomic E-state index is -0.430. The van der Waals surface area contributed by atoms with E-state index < -0.39 is 11.4 Å². The maximum Gasteiger partial charge on any atom is 0.126 e. The van der Waals surface area contributed by atoms with Crippen molar-refractivity contribution in [1.29, 1.82) is 0 Å². The van der Waals surface area contributed by atoms with Gasteiger partial charge in [-0.25, -0.2) is 4.39 Å². The third-order valence-corrected chi connectivity index (χ3v) is 2.28. The summed E-state index contributed by atoms with van der Waals surface area (Å²) in [7, 11) is 0. The number of hydrogen-bond donors (Lipinski definition) is 2. The number of benzene rings is 1. The maximum atomic E-state index is 12.6. The van der Waals surface area contributed by atoms with Gasteiger partial charge in [0, 0.05) is 17.2 Å². The molecule has 0 atom stereocenters. The largest absolute Gasteiger partial charge is 0.507 e. The maximum absolute atomic E-state index is 12.6. The standard InChI is InChI=1S/C9H10FNO/c10-6-1-2-7(8(12)5-6)9(11)3-4-9/h1-2,5,12H,3-4,11H2. The zero-order valence-corrected chi connectivity index (χ0v) is 6.55. The molecule has 12 heavy (non-hydrogen) atoms. The van der Waals surface area contributed by atoms with E-state index in [9.17, 15) is 9.50 Å². The number of rotatable bonds is 1. The first-order valence-corrected chi connectivity index (χ1v) is 3.90. The fourth-order valence-electron chi connectivity index (χ4n) is 1.33. The zero-order valence-electron chi connectivity index (χ0n) is 6.55. The third-order valence-electron chi connectivity index (χ3n) is 2.28. The van der Waals surface area contributed by atoms with Crippen LogP contribution in [0.4, 0.5) is 4.39 Å². The van der Waals surface area contributed by atoms with Gasteiger partial charge in [-0.1, -0.05) is 6.07 Å². The van der Waals surface area contributed by atoms with Crippen LogP contribution < -0.4 is 5.73 Å². The summed E-state index contributed by atoms with van der Waals surface area (Å²) in [4.78, 5) is 0. The van der Waals surface area contributed by atoms with Crippen LogP contribution in [0, 0.1) is 5.82 Å². The number of phenols is 1. The molecule has 3 N–H and O–H groups in total. The van der Waals surface area contributed by atoms with E-state index in [1.54, 1.807) is 6.07 Å². The van der Waals surface area contributed by atoms with Crippen molar-refractivity contribution >= 4 is 0 Å². The summed E-state index contributed by atoms with van der Waals surface area (Å²) < 4.78 is 12.6. The lowest BCUT2D eigenvalue weighted by Crippen LogP contribution is -2.18. The topological polar surface area (TPSA) is 46.2 Å². The third kappa shape index (κ3) is 1.06. The minimum Gasteiger partial charge on any atom is -0.507 e. The Kier molecular flexibility index (Phi) is 1.38. The van der Waals surface area contributed by atoms with Gasteiger partial charge in [-0.3, -0.25) is 0 Å². The lowest BCUT2D eigenvalue weighted by Gasteiger charge is -2.10. The van der Waals surface area contributed by atoms with Crippen molar-refractivity contribution < 1.29 is 9.50 Å². The van der Waals surface area contributed by atoms with Gasteiger partial charge in [0.15, 0.2) is 0 Å². The molecule has 1 aliphatic carbocycles. The van der Waals surface area contributed by atoms with Crippen LogP contribution in [0.3, 0.4) is 0 Å². The van der Waals surface area contributed by atoms with Crippen molar-refractivity contribution in [3.8, 4) is 5.75 Å². The minimum absolute atomic E-state index is 0.0324. The number of nitrogens with two attached hydrogens (primary N) is 1. The number of aromatic hydroxyl groups is 1. The highest BCUT2D eigenvalue weighted by Gasteiger charge is 2.41. The summed E-state index contributed by atoms with van der Waals surface area (Å²) in [5, 5.41) is 9.35. The van der Waals surface area contributed by atoms with Crippen LogP contribution in [0.1, 0.15) is 18.4 Å². The summed E-state index contributed by atoms with van der Waals surface area (Å²) in [5.41, 5.74) is 6.10. The van der Waals surface area contributed by atoms with Gasteiger partial charge in [0.2, 0.25) is 0 Å². The zero-order chi connectivity index (χ0) is 8.77. The second kappa shape index (κ2) is 2.20. The van der Waals surface area contributed by atoms with Gasteiger partial charge in [0.1, 0.15) is 11.6 Å². The first kappa shape index (κ1) is 7.55. The van der Waals surface area contributed by atoms with E-state index in [0.29, 0.717) is 5.56 Å². The summed E-state index contributed by atoms with van der Waals surface area (Å²) in [6, 6.07) is 3.97. The first-order chi connectivity index (χ1) is 5.62. The van der Waals surface area contributed by atoms with E-state index in [1.165, 1.54) is 6.07 Å². The molecule has 0 saturated heterocycles. The molecule has 1 fully saturated rings. The van der Waals surface area contributed by atoms with Crippen molar-refractivity contribution in [2.75, 3.05) is 0 Å². The Morgan fingerprint density at radius 1 is 1.42 bits per heavy atom. The molecular formula is C9H10FNO. The Hall–Kier alpha value is -1.09. The Morgan fingerprint density at radius 2 is 2.08 bits per heavy atom. The molecule has 0 bridgehead atoms. The van der Waals surface area contributed by atoms with Gasteiger partial charge in [0.25, 0.3) is 0 Å². The molecule has 0 heterocycles. The Bertz CT molecular complexity index is 320. The highest BCUT2D eigenvalue weighted by atomic mass is 19.1. The molecule has 0 aliphatic heterocycles.